The van der Waals surface area contributed by atoms with Crippen molar-refractivity contribution in [2.75, 3.05) is 17.2 Å². The SMILES string of the molecule is O=C(NC1CCCCC1)C(C1CCCCC1)C1(COc2ccc(CO)cc2)Nc2ccc(F)cc2N1. The fraction of sp³-hybridized carbons (Fsp3) is 0.552. The Bertz CT molecular complexity index is 1030. The molecule has 1 heterocycles. The molecular weight excluding hydrogens is 457 g/mol. The van der Waals surface area contributed by atoms with Gasteiger partial charge in [0.2, 0.25) is 5.91 Å². The second-order valence-corrected chi connectivity index (χ2v) is 10.7. The third kappa shape index (κ3) is 5.46. The van der Waals surface area contributed by atoms with Crippen LogP contribution in [0.1, 0.15) is 69.8 Å². The summed E-state index contributed by atoms with van der Waals surface area (Å²) in [5.74, 6) is 0.211. The van der Waals surface area contributed by atoms with Crippen LogP contribution in [0.25, 0.3) is 0 Å². The highest BCUT2D eigenvalue weighted by molar-refractivity contribution is 5.86. The average Bonchev–Trinajstić information content (AvgIpc) is 3.27. The van der Waals surface area contributed by atoms with Crippen LogP contribution in [-0.2, 0) is 11.4 Å². The maximum absolute atomic E-state index is 14.2. The van der Waals surface area contributed by atoms with Gasteiger partial charge in [-0.05, 0) is 67.5 Å². The lowest BCUT2D eigenvalue weighted by Gasteiger charge is -2.43. The first kappa shape index (κ1) is 24.9. The monoisotopic (exact) mass is 495 g/mol. The zero-order valence-electron chi connectivity index (χ0n) is 20.9. The minimum atomic E-state index is -0.910. The van der Waals surface area contributed by atoms with Gasteiger partial charge in [0.15, 0.2) is 5.66 Å². The quantitative estimate of drug-likeness (QED) is 0.385. The summed E-state index contributed by atoms with van der Waals surface area (Å²) in [5.41, 5.74) is 1.33. The van der Waals surface area contributed by atoms with Crippen molar-refractivity contribution in [2.24, 2.45) is 11.8 Å². The van der Waals surface area contributed by atoms with Crippen LogP contribution >= 0.6 is 0 Å². The highest BCUT2D eigenvalue weighted by Gasteiger charge is 2.51. The van der Waals surface area contributed by atoms with Crippen molar-refractivity contribution in [3.05, 3.63) is 53.8 Å². The number of hydrogen-bond donors (Lipinski definition) is 4. The topological polar surface area (TPSA) is 82.6 Å². The number of carbonyl (C=O) groups excluding carboxylic acids is 1. The molecule has 2 atom stereocenters. The second kappa shape index (κ2) is 11.1. The van der Waals surface area contributed by atoms with E-state index in [1.165, 1.54) is 25.0 Å². The van der Waals surface area contributed by atoms with Crippen molar-refractivity contribution >= 4 is 17.3 Å². The molecule has 36 heavy (non-hydrogen) atoms. The number of amides is 1. The number of aliphatic hydroxyl groups is 1. The predicted octanol–water partition coefficient (Wildman–Crippen LogP) is 5.58. The molecule has 2 saturated carbocycles. The largest absolute Gasteiger partial charge is 0.489 e. The van der Waals surface area contributed by atoms with E-state index in [9.17, 15) is 14.3 Å². The molecule has 0 aromatic heterocycles. The van der Waals surface area contributed by atoms with E-state index in [2.05, 4.69) is 16.0 Å². The second-order valence-electron chi connectivity index (χ2n) is 10.7. The van der Waals surface area contributed by atoms with Crippen LogP contribution in [0.2, 0.25) is 0 Å². The minimum Gasteiger partial charge on any atom is -0.489 e. The van der Waals surface area contributed by atoms with Crippen LogP contribution in [0, 0.1) is 17.7 Å². The molecule has 0 spiro atoms. The lowest BCUT2D eigenvalue weighted by atomic mass is 9.73. The Hall–Kier alpha value is -2.80. The van der Waals surface area contributed by atoms with Gasteiger partial charge < -0.3 is 25.8 Å². The molecule has 3 aliphatic rings. The summed E-state index contributed by atoms with van der Waals surface area (Å²) in [7, 11) is 0. The van der Waals surface area contributed by atoms with Crippen LogP contribution in [0.15, 0.2) is 42.5 Å². The van der Waals surface area contributed by atoms with Crippen molar-refractivity contribution < 1.29 is 19.0 Å². The van der Waals surface area contributed by atoms with Crippen LogP contribution in [0.4, 0.5) is 15.8 Å². The molecule has 0 saturated heterocycles. The molecule has 2 aromatic carbocycles. The summed E-state index contributed by atoms with van der Waals surface area (Å²) in [5, 5.41) is 19.9. The molecule has 1 amide bonds. The fourth-order valence-electron chi connectivity index (χ4n) is 6.29. The van der Waals surface area contributed by atoms with E-state index in [1.54, 1.807) is 6.07 Å². The van der Waals surface area contributed by atoms with Gasteiger partial charge in [-0.15, -0.1) is 0 Å². The number of rotatable bonds is 8. The molecule has 0 bridgehead atoms. The molecule has 2 fully saturated rings. The summed E-state index contributed by atoms with van der Waals surface area (Å²) in [6.45, 7) is 0.167. The summed E-state index contributed by atoms with van der Waals surface area (Å²) >= 11 is 0. The van der Waals surface area contributed by atoms with Gasteiger partial charge in [0, 0.05) is 6.04 Å². The molecule has 0 radical (unpaired) electrons. The Kier molecular flexibility index (Phi) is 7.65. The first-order valence-electron chi connectivity index (χ1n) is 13.6. The van der Waals surface area contributed by atoms with Gasteiger partial charge in [-0.3, -0.25) is 4.79 Å². The zero-order chi connectivity index (χ0) is 25.0. The number of aliphatic hydroxyl groups excluding tert-OH is 1. The number of halogens is 1. The summed E-state index contributed by atoms with van der Waals surface area (Å²) < 4.78 is 20.4. The van der Waals surface area contributed by atoms with E-state index in [-0.39, 0.29) is 42.8 Å². The smallest absolute Gasteiger partial charge is 0.228 e. The lowest BCUT2D eigenvalue weighted by Crippen LogP contribution is -2.61. The number of carbonyl (C=O) groups is 1. The highest BCUT2D eigenvalue weighted by Crippen LogP contribution is 2.44. The first-order valence-corrected chi connectivity index (χ1v) is 13.6. The van der Waals surface area contributed by atoms with Crippen molar-refractivity contribution in [1.29, 1.82) is 0 Å². The van der Waals surface area contributed by atoms with Gasteiger partial charge in [-0.25, -0.2) is 4.39 Å². The minimum absolute atomic E-state index is 0.0285. The number of fused-ring (bicyclic) bond motifs is 1. The average molecular weight is 496 g/mol. The van der Waals surface area contributed by atoms with Gasteiger partial charge >= 0.3 is 0 Å². The molecule has 194 valence electrons. The first-order chi connectivity index (χ1) is 17.6. The summed E-state index contributed by atoms with van der Waals surface area (Å²) in [6.07, 6.45) is 11.0. The fourth-order valence-corrected chi connectivity index (χ4v) is 6.29. The molecule has 5 rings (SSSR count). The summed E-state index contributed by atoms with van der Waals surface area (Å²) in [6, 6.07) is 12.2. The number of hydrogen-bond acceptors (Lipinski definition) is 5. The Morgan fingerprint density at radius 2 is 1.64 bits per heavy atom. The number of nitrogens with one attached hydrogen (secondary N) is 3. The van der Waals surface area contributed by atoms with E-state index < -0.39 is 5.66 Å². The van der Waals surface area contributed by atoms with E-state index >= 15 is 0 Å². The lowest BCUT2D eigenvalue weighted by molar-refractivity contribution is -0.130. The Morgan fingerprint density at radius 1 is 0.972 bits per heavy atom. The van der Waals surface area contributed by atoms with Crippen LogP contribution in [0.5, 0.6) is 5.75 Å². The van der Waals surface area contributed by atoms with E-state index in [1.807, 2.05) is 24.3 Å². The van der Waals surface area contributed by atoms with Gasteiger partial charge in [-0.1, -0.05) is 50.7 Å². The molecular formula is C29H38FN3O3. The maximum atomic E-state index is 14.2. The van der Waals surface area contributed by atoms with Gasteiger partial charge in [-0.2, -0.15) is 0 Å². The van der Waals surface area contributed by atoms with Gasteiger partial charge in [0.25, 0.3) is 0 Å². The normalized spacial score (nSPS) is 23.3. The van der Waals surface area contributed by atoms with Crippen molar-refractivity contribution in [3.63, 3.8) is 0 Å². The van der Waals surface area contributed by atoms with Crippen molar-refractivity contribution in [2.45, 2.75) is 82.5 Å². The standard InChI is InChI=1S/C29H38FN3O3/c30-22-13-16-25-26(17-22)33-29(32-25,19-36-24-14-11-20(18-34)12-15-24)27(21-7-3-1-4-8-21)28(35)31-23-9-5-2-6-10-23/h11-17,21,23,27,32-34H,1-10,18-19H2,(H,31,35). The number of ether oxygens (including phenoxy) is 1. The van der Waals surface area contributed by atoms with Gasteiger partial charge in [0.1, 0.15) is 18.2 Å². The molecule has 2 aromatic rings. The molecule has 2 aliphatic carbocycles. The third-order valence-electron chi connectivity index (χ3n) is 8.16. The number of benzene rings is 2. The predicted molar refractivity (Wildman–Crippen MR) is 139 cm³/mol. The molecule has 2 unspecified atom stereocenters. The summed E-state index contributed by atoms with van der Waals surface area (Å²) in [4.78, 5) is 14.1. The van der Waals surface area contributed by atoms with Crippen LogP contribution in [0.3, 0.4) is 0 Å². The van der Waals surface area contributed by atoms with E-state index in [4.69, 9.17) is 4.74 Å². The van der Waals surface area contributed by atoms with Crippen LogP contribution < -0.4 is 20.7 Å². The maximum Gasteiger partial charge on any atom is 0.228 e. The number of anilines is 2. The molecule has 6 nitrogen and oxygen atoms in total. The molecule has 4 N–H and O–H groups in total. The molecule has 1 aliphatic heterocycles. The molecule has 7 heteroatoms. The van der Waals surface area contributed by atoms with Crippen molar-refractivity contribution in [3.8, 4) is 5.75 Å². The Balaban J connectivity index is 1.46. The Labute approximate surface area is 213 Å². The van der Waals surface area contributed by atoms with Gasteiger partial charge in [0.05, 0.1) is 23.9 Å². The van der Waals surface area contributed by atoms with E-state index in [0.29, 0.717) is 11.4 Å². The third-order valence-corrected chi connectivity index (χ3v) is 8.16. The highest BCUT2D eigenvalue weighted by atomic mass is 19.1. The van der Waals surface area contributed by atoms with E-state index in [0.717, 1.165) is 62.6 Å². The Morgan fingerprint density at radius 3 is 2.33 bits per heavy atom. The zero-order valence-corrected chi connectivity index (χ0v) is 20.9. The van der Waals surface area contributed by atoms with Crippen LogP contribution in [-0.4, -0.2) is 29.3 Å². The van der Waals surface area contributed by atoms with Crippen molar-refractivity contribution in [1.82, 2.24) is 5.32 Å².